The van der Waals surface area contributed by atoms with Gasteiger partial charge in [0.2, 0.25) is 0 Å². The van der Waals surface area contributed by atoms with Crippen LogP contribution in [0.15, 0.2) is 18.2 Å². The Hall–Kier alpha value is -1.97. The number of phenolic OH excluding ortho intramolecular Hbond substituents is 2. The molecule has 1 atom stereocenters. The number of phenols is 2. The van der Waals surface area contributed by atoms with Crippen LogP contribution in [-0.4, -0.2) is 23.3 Å². The molecule has 110 valence electrons. The molecule has 0 amide bonds. The highest BCUT2D eigenvalue weighted by Crippen LogP contribution is 2.36. The molecule has 0 fully saturated rings. The number of rotatable bonds is 5. The first kappa shape index (κ1) is 16.1. The minimum atomic E-state index is -0.216. The number of aromatic hydroxyl groups is 2. The van der Waals surface area contributed by atoms with Crippen molar-refractivity contribution in [3.8, 4) is 11.5 Å². The van der Waals surface area contributed by atoms with Gasteiger partial charge in [-0.25, -0.2) is 0 Å². The Morgan fingerprint density at radius 1 is 1.35 bits per heavy atom. The lowest BCUT2D eigenvalue weighted by Gasteiger charge is -2.10. The Kier molecular flexibility index (Phi) is 5.62. The van der Waals surface area contributed by atoms with Gasteiger partial charge in [0.05, 0.1) is 13.0 Å². The molecule has 0 saturated carbocycles. The van der Waals surface area contributed by atoms with E-state index in [1.165, 1.54) is 7.11 Å². The van der Waals surface area contributed by atoms with Crippen LogP contribution < -0.4 is 0 Å². The summed E-state index contributed by atoms with van der Waals surface area (Å²) < 4.78 is 4.67. The van der Waals surface area contributed by atoms with E-state index in [-0.39, 0.29) is 23.4 Å². The smallest absolute Gasteiger partial charge is 0.308 e. The van der Waals surface area contributed by atoms with Gasteiger partial charge in [-0.15, -0.1) is 0 Å². The third-order valence-electron chi connectivity index (χ3n) is 3.43. The van der Waals surface area contributed by atoms with Crippen molar-refractivity contribution in [3.05, 3.63) is 29.3 Å². The van der Waals surface area contributed by atoms with E-state index in [4.69, 9.17) is 0 Å². The van der Waals surface area contributed by atoms with Crippen molar-refractivity contribution in [2.45, 2.75) is 33.6 Å². The Bertz CT molecular complexity index is 517. The standard InChI is InChI=1S/C16H22O4/c1-10(6-5-7-12(3)16(19)20-4)13-9-8-11(2)14(17)15(13)18/h6,8-9,12,17-18H,5,7H2,1-4H3/b10-6+/t12-/m1/s1. The summed E-state index contributed by atoms with van der Waals surface area (Å²) in [5, 5.41) is 19.6. The number of allylic oxidation sites excluding steroid dienone is 2. The maximum absolute atomic E-state index is 11.3. The quantitative estimate of drug-likeness (QED) is 0.640. The van der Waals surface area contributed by atoms with Crippen molar-refractivity contribution in [3.63, 3.8) is 0 Å². The van der Waals surface area contributed by atoms with Crippen LogP contribution in [0.4, 0.5) is 0 Å². The number of aryl methyl sites for hydroxylation is 1. The molecule has 2 N–H and O–H groups in total. The molecule has 0 bridgehead atoms. The van der Waals surface area contributed by atoms with Gasteiger partial charge >= 0.3 is 5.97 Å². The van der Waals surface area contributed by atoms with Crippen molar-refractivity contribution in [2.75, 3.05) is 7.11 Å². The van der Waals surface area contributed by atoms with Gasteiger partial charge in [-0.2, -0.15) is 0 Å². The molecule has 4 heteroatoms. The first-order valence-electron chi connectivity index (χ1n) is 6.65. The van der Waals surface area contributed by atoms with E-state index < -0.39 is 0 Å². The third-order valence-corrected chi connectivity index (χ3v) is 3.43. The number of hydrogen-bond acceptors (Lipinski definition) is 4. The molecule has 0 saturated heterocycles. The van der Waals surface area contributed by atoms with Crippen LogP contribution in [0.25, 0.3) is 5.57 Å². The summed E-state index contributed by atoms with van der Waals surface area (Å²) in [4.78, 5) is 11.3. The largest absolute Gasteiger partial charge is 0.504 e. The second kappa shape index (κ2) is 6.98. The minimum absolute atomic E-state index is 0.0850. The van der Waals surface area contributed by atoms with Gasteiger partial charge < -0.3 is 14.9 Å². The van der Waals surface area contributed by atoms with E-state index >= 15 is 0 Å². The van der Waals surface area contributed by atoms with Gasteiger partial charge in [-0.05, 0) is 37.8 Å². The van der Waals surface area contributed by atoms with Crippen LogP contribution in [0.1, 0.15) is 37.8 Å². The summed E-state index contributed by atoms with van der Waals surface area (Å²) >= 11 is 0. The highest BCUT2D eigenvalue weighted by molar-refractivity contribution is 5.73. The molecule has 0 spiro atoms. The first-order chi connectivity index (χ1) is 9.38. The van der Waals surface area contributed by atoms with Gasteiger partial charge in [-0.1, -0.05) is 25.1 Å². The molecule has 1 aromatic carbocycles. The molecule has 0 aliphatic heterocycles. The highest BCUT2D eigenvalue weighted by Gasteiger charge is 2.13. The van der Waals surface area contributed by atoms with E-state index in [0.717, 1.165) is 5.57 Å². The summed E-state index contributed by atoms with van der Waals surface area (Å²) in [7, 11) is 1.38. The highest BCUT2D eigenvalue weighted by atomic mass is 16.5. The van der Waals surface area contributed by atoms with Crippen molar-refractivity contribution in [1.82, 2.24) is 0 Å². The monoisotopic (exact) mass is 278 g/mol. The summed E-state index contributed by atoms with van der Waals surface area (Å²) in [5.74, 6) is -0.547. The number of esters is 1. The zero-order valence-corrected chi connectivity index (χ0v) is 12.4. The molecular weight excluding hydrogens is 256 g/mol. The molecular formula is C16H22O4. The van der Waals surface area contributed by atoms with E-state index in [0.29, 0.717) is 24.0 Å². The zero-order valence-electron chi connectivity index (χ0n) is 12.4. The predicted octanol–water partition coefficient (Wildman–Crippen LogP) is 3.40. The fourth-order valence-corrected chi connectivity index (χ4v) is 1.98. The Morgan fingerprint density at radius 3 is 2.60 bits per heavy atom. The van der Waals surface area contributed by atoms with E-state index in [2.05, 4.69) is 4.74 Å². The summed E-state index contributed by atoms with van der Waals surface area (Å²) in [6, 6.07) is 3.54. The zero-order chi connectivity index (χ0) is 15.3. The van der Waals surface area contributed by atoms with Crippen molar-refractivity contribution < 1.29 is 19.7 Å². The molecule has 0 radical (unpaired) electrons. The topological polar surface area (TPSA) is 66.8 Å². The molecule has 0 aromatic heterocycles. The number of carbonyl (C=O) groups is 1. The van der Waals surface area contributed by atoms with Crippen molar-refractivity contribution in [1.29, 1.82) is 0 Å². The average molecular weight is 278 g/mol. The van der Waals surface area contributed by atoms with Crippen molar-refractivity contribution in [2.24, 2.45) is 5.92 Å². The van der Waals surface area contributed by atoms with Crippen molar-refractivity contribution >= 4 is 11.5 Å². The molecule has 0 aliphatic rings. The minimum Gasteiger partial charge on any atom is -0.504 e. The van der Waals surface area contributed by atoms with Gasteiger partial charge in [-0.3, -0.25) is 4.79 Å². The van der Waals surface area contributed by atoms with E-state index in [1.54, 1.807) is 19.1 Å². The fraction of sp³-hybridized carbons (Fsp3) is 0.438. The average Bonchev–Trinajstić information content (AvgIpc) is 2.43. The fourth-order valence-electron chi connectivity index (χ4n) is 1.98. The number of carbonyl (C=O) groups excluding carboxylic acids is 1. The van der Waals surface area contributed by atoms with Gasteiger partial charge in [0.25, 0.3) is 0 Å². The molecule has 20 heavy (non-hydrogen) atoms. The van der Waals surface area contributed by atoms with Crippen LogP contribution in [0.2, 0.25) is 0 Å². The molecule has 0 aliphatic carbocycles. The second-order valence-electron chi connectivity index (χ2n) is 5.02. The first-order valence-corrected chi connectivity index (χ1v) is 6.65. The second-order valence-corrected chi connectivity index (χ2v) is 5.02. The molecule has 0 unspecified atom stereocenters. The van der Waals surface area contributed by atoms with Crippen LogP contribution in [0.3, 0.4) is 0 Å². The Morgan fingerprint density at radius 2 is 2.00 bits per heavy atom. The number of hydrogen-bond donors (Lipinski definition) is 2. The van der Waals surface area contributed by atoms with Gasteiger partial charge in [0.1, 0.15) is 0 Å². The van der Waals surface area contributed by atoms with Crippen LogP contribution in [-0.2, 0) is 9.53 Å². The molecule has 0 heterocycles. The van der Waals surface area contributed by atoms with Crippen LogP contribution >= 0.6 is 0 Å². The maximum Gasteiger partial charge on any atom is 0.308 e. The lowest BCUT2D eigenvalue weighted by Crippen LogP contribution is -2.11. The van der Waals surface area contributed by atoms with E-state index in [1.807, 2.05) is 19.9 Å². The maximum atomic E-state index is 11.3. The summed E-state index contributed by atoms with van der Waals surface area (Å²) in [6.07, 6.45) is 3.34. The Labute approximate surface area is 119 Å². The van der Waals surface area contributed by atoms with Gasteiger partial charge in [0, 0.05) is 5.56 Å². The number of benzene rings is 1. The summed E-state index contributed by atoms with van der Waals surface area (Å²) in [6.45, 7) is 5.42. The molecule has 1 aromatic rings. The normalized spacial score (nSPS) is 13.1. The third kappa shape index (κ3) is 3.76. The van der Waals surface area contributed by atoms with Gasteiger partial charge in [0.15, 0.2) is 11.5 Å². The number of methoxy groups -OCH3 is 1. The van der Waals surface area contributed by atoms with Crippen LogP contribution in [0, 0.1) is 12.8 Å². The SMILES string of the molecule is COC(=O)[C@H](C)CC/C=C(\C)c1ccc(C)c(O)c1O. The molecule has 4 nitrogen and oxygen atoms in total. The molecule has 1 rings (SSSR count). The lowest BCUT2D eigenvalue weighted by atomic mass is 10.00. The van der Waals surface area contributed by atoms with Crippen LogP contribution in [0.5, 0.6) is 11.5 Å². The number of ether oxygens (including phenoxy) is 1. The Balaban J connectivity index is 2.76. The van der Waals surface area contributed by atoms with E-state index in [9.17, 15) is 15.0 Å². The summed E-state index contributed by atoms with van der Waals surface area (Å²) in [5.41, 5.74) is 2.12. The predicted molar refractivity (Wildman–Crippen MR) is 78.6 cm³/mol. The lowest BCUT2D eigenvalue weighted by molar-refractivity contribution is -0.144.